The van der Waals surface area contributed by atoms with Crippen molar-refractivity contribution in [1.29, 1.82) is 0 Å². The van der Waals surface area contributed by atoms with Gasteiger partial charge in [0.25, 0.3) is 0 Å². The molecule has 0 heterocycles. The third-order valence-electron chi connectivity index (χ3n) is 4.90. The highest BCUT2D eigenvalue weighted by Gasteiger charge is 2.38. The number of aliphatic hydroxyl groups excluding tert-OH is 1. The van der Waals surface area contributed by atoms with Crippen LogP contribution in [0.5, 0.6) is 0 Å². The minimum absolute atomic E-state index is 0.0190. The first kappa shape index (κ1) is 21.0. The molecule has 0 aromatic heterocycles. The van der Waals surface area contributed by atoms with E-state index in [-0.39, 0.29) is 19.3 Å². The Labute approximate surface area is 173 Å². The second kappa shape index (κ2) is 10.7. The average Bonchev–Trinajstić information content (AvgIpc) is 2.80. The summed E-state index contributed by atoms with van der Waals surface area (Å²) in [5, 5.41) is 9.15. The minimum atomic E-state index is -0.772. The van der Waals surface area contributed by atoms with Crippen LogP contribution in [0.3, 0.4) is 0 Å². The fourth-order valence-corrected chi connectivity index (χ4v) is 3.58. The summed E-state index contributed by atoms with van der Waals surface area (Å²) in [6.07, 6.45) is 2.28. The van der Waals surface area contributed by atoms with E-state index in [1.165, 1.54) is 0 Å². The Balaban J connectivity index is 2.08. The second-order valence-corrected chi connectivity index (χ2v) is 6.83. The molecule has 3 nitrogen and oxygen atoms in total. The van der Waals surface area contributed by atoms with Gasteiger partial charge in [-0.15, -0.1) is 6.58 Å². The zero-order valence-corrected chi connectivity index (χ0v) is 16.6. The summed E-state index contributed by atoms with van der Waals surface area (Å²) < 4.78 is 12.5. The molecule has 1 unspecified atom stereocenters. The second-order valence-electron chi connectivity index (χ2n) is 6.83. The highest BCUT2D eigenvalue weighted by molar-refractivity contribution is 5.47. The molecule has 1 N–H and O–H groups in total. The summed E-state index contributed by atoms with van der Waals surface area (Å²) in [6.45, 7) is 4.45. The predicted octanol–water partition coefficient (Wildman–Crippen LogP) is 4.95. The minimum Gasteiger partial charge on any atom is -0.394 e. The molecular weight excluding hydrogens is 360 g/mol. The lowest BCUT2D eigenvalue weighted by Gasteiger charge is -2.37. The molecule has 0 bridgehead atoms. The Morgan fingerprint density at radius 3 is 1.62 bits per heavy atom. The first-order chi connectivity index (χ1) is 14.3. The molecule has 150 valence electrons. The highest BCUT2D eigenvalue weighted by Crippen LogP contribution is 2.40. The maximum atomic E-state index is 9.15. The summed E-state index contributed by atoms with van der Waals surface area (Å²) >= 11 is 0. The number of benzene rings is 3. The lowest BCUT2D eigenvalue weighted by atomic mass is 9.80. The van der Waals surface area contributed by atoms with Crippen molar-refractivity contribution < 1.29 is 14.6 Å². The molecule has 3 rings (SSSR count). The van der Waals surface area contributed by atoms with Gasteiger partial charge >= 0.3 is 0 Å². The van der Waals surface area contributed by atoms with E-state index in [0.29, 0.717) is 13.0 Å². The molecule has 0 spiro atoms. The first-order valence-corrected chi connectivity index (χ1v) is 9.95. The fourth-order valence-electron chi connectivity index (χ4n) is 3.58. The van der Waals surface area contributed by atoms with Gasteiger partial charge in [0.2, 0.25) is 0 Å². The molecule has 0 amide bonds. The summed E-state index contributed by atoms with van der Waals surface area (Å²) in [5.74, 6) is 0. The first-order valence-electron chi connectivity index (χ1n) is 9.95. The SMILES string of the molecule is C=CCC(COC(c1ccccc1)(c1ccccc1)c1ccccc1)OCCO. The van der Waals surface area contributed by atoms with Crippen LogP contribution in [0.4, 0.5) is 0 Å². The molecule has 1 atom stereocenters. The summed E-state index contributed by atoms with van der Waals surface area (Å²) in [7, 11) is 0. The third kappa shape index (κ3) is 5.01. The van der Waals surface area contributed by atoms with E-state index in [2.05, 4.69) is 43.0 Å². The zero-order valence-electron chi connectivity index (χ0n) is 16.6. The normalized spacial score (nSPS) is 12.4. The average molecular weight is 389 g/mol. The molecule has 3 heteroatoms. The zero-order chi connectivity index (χ0) is 20.4. The molecule has 0 radical (unpaired) electrons. The molecule has 3 aromatic rings. The molecule has 0 aliphatic rings. The van der Waals surface area contributed by atoms with Crippen molar-refractivity contribution in [1.82, 2.24) is 0 Å². The maximum Gasteiger partial charge on any atom is 0.143 e. The van der Waals surface area contributed by atoms with Gasteiger partial charge in [-0.2, -0.15) is 0 Å². The van der Waals surface area contributed by atoms with Crippen LogP contribution in [0.15, 0.2) is 104 Å². The van der Waals surface area contributed by atoms with Gasteiger partial charge in [0.05, 0.1) is 25.9 Å². The molecule has 0 saturated carbocycles. The monoisotopic (exact) mass is 388 g/mol. The highest BCUT2D eigenvalue weighted by atomic mass is 16.5. The molecule has 0 aliphatic heterocycles. The van der Waals surface area contributed by atoms with Crippen molar-refractivity contribution in [3.8, 4) is 0 Å². The van der Waals surface area contributed by atoms with E-state index in [1.807, 2.05) is 60.7 Å². The van der Waals surface area contributed by atoms with Crippen LogP contribution >= 0.6 is 0 Å². The van der Waals surface area contributed by atoms with E-state index >= 15 is 0 Å². The largest absolute Gasteiger partial charge is 0.394 e. The Hall–Kier alpha value is -2.72. The lowest BCUT2D eigenvalue weighted by Crippen LogP contribution is -2.36. The molecule has 0 saturated heterocycles. The number of ether oxygens (including phenoxy) is 2. The number of hydrogen-bond donors (Lipinski definition) is 1. The van der Waals surface area contributed by atoms with Gasteiger partial charge in [-0.05, 0) is 23.1 Å². The molecular formula is C26H28O3. The number of hydrogen-bond acceptors (Lipinski definition) is 3. The van der Waals surface area contributed by atoms with Crippen molar-refractivity contribution in [3.63, 3.8) is 0 Å². The Kier molecular flexibility index (Phi) is 7.77. The van der Waals surface area contributed by atoms with Crippen LogP contribution in [-0.2, 0) is 15.1 Å². The van der Waals surface area contributed by atoms with Gasteiger partial charge in [0.15, 0.2) is 0 Å². The van der Waals surface area contributed by atoms with Gasteiger partial charge in [0.1, 0.15) is 5.60 Å². The summed E-state index contributed by atoms with van der Waals surface area (Å²) in [5.41, 5.74) is 2.39. The van der Waals surface area contributed by atoms with Crippen LogP contribution in [0, 0.1) is 0 Å². The van der Waals surface area contributed by atoms with Gasteiger partial charge < -0.3 is 14.6 Å². The third-order valence-corrected chi connectivity index (χ3v) is 4.90. The van der Waals surface area contributed by atoms with Crippen LogP contribution in [-0.4, -0.2) is 31.0 Å². The number of aliphatic hydroxyl groups is 1. The summed E-state index contributed by atoms with van der Waals surface area (Å²) in [4.78, 5) is 0. The van der Waals surface area contributed by atoms with E-state index in [4.69, 9.17) is 14.6 Å². The summed E-state index contributed by atoms with van der Waals surface area (Å²) in [6, 6.07) is 30.8. The Bertz CT molecular complexity index is 750. The maximum absolute atomic E-state index is 9.15. The van der Waals surface area contributed by atoms with Gasteiger partial charge in [0, 0.05) is 0 Å². The van der Waals surface area contributed by atoms with E-state index in [1.54, 1.807) is 0 Å². The molecule has 0 aliphatic carbocycles. The van der Waals surface area contributed by atoms with E-state index in [9.17, 15) is 0 Å². The van der Waals surface area contributed by atoms with Gasteiger partial charge in [-0.1, -0.05) is 97.1 Å². The van der Waals surface area contributed by atoms with Crippen LogP contribution in [0.1, 0.15) is 23.1 Å². The lowest BCUT2D eigenvalue weighted by molar-refractivity contribution is -0.0688. The standard InChI is InChI=1S/C26H28O3/c1-2-12-25(28-20-19-27)21-29-26(22-13-6-3-7-14-22,23-15-8-4-9-16-23)24-17-10-5-11-18-24/h2-11,13-18,25,27H,1,12,19-21H2. The van der Waals surface area contributed by atoms with Crippen molar-refractivity contribution in [2.24, 2.45) is 0 Å². The van der Waals surface area contributed by atoms with E-state index in [0.717, 1.165) is 16.7 Å². The van der Waals surface area contributed by atoms with Gasteiger partial charge in [-0.3, -0.25) is 0 Å². The topological polar surface area (TPSA) is 38.7 Å². The van der Waals surface area contributed by atoms with Crippen molar-refractivity contribution in [2.75, 3.05) is 19.8 Å². The fraction of sp³-hybridized carbons (Fsp3) is 0.231. The molecule has 29 heavy (non-hydrogen) atoms. The molecule has 3 aromatic carbocycles. The molecule has 0 fully saturated rings. The van der Waals surface area contributed by atoms with Crippen molar-refractivity contribution >= 4 is 0 Å². The van der Waals surface area contributed by atoms with Crippen molar-refractivity contribution in [2.45, 2.75) is 18.1 Å². The van der Waals surface area contributed by atoms with Crippen LogP contribution < -0.4 is 0 Å². The van der Waals surface area contributed by atoms with Crippen molar-refractivity contribution in [3.05, 3.63) is 120 Å². The van der Waals surface area contributed by atoms with Crippen LogP contribution in [0.25, 0.3) is 0 Å². The van der Waals surface area contributed by atoms with Crippen LogP contribution in [0.2, 0.25) is 0 Å². The Morgan fingerprint density at radius 2 is 1.24 bits per heavy atom. The quantitative estimate of drug-likeness (QED) is 0.373. The smallest absolute Gasteiger partial charge is 0.143 e. The predicted molar refractivity (Wildman–Crippen MR) is 117 cm³/mol. The van der Waals surface area contributed by atoms with Gasteiger partial charge in [-0.25, -0.2) is 0 Å². The Morgan fingerprint density at radius 1 is 0.793 bits per heavy atom. The van der Waals surface area contributed by atoms with E-state index < -0.39 is 5.60 Å². The number of rotatable bonds is 11.